The molecule has 0 fully saturated rings. The largest absolute Gasteiger partial charge is 0.453 e. The number of nitrogens with zero attached hydrogens (tertiary/aromatic N) is 5. The summed E-state index contributed by atoms with van der Waals surface area (Å²) < 4.78 is 11.8. The first-order valence-corrected chi connectivity index (χ1v) is 21.2. The maximum absolute atomic E-state index is 7.10. The van der Waals surface area contributed by atoms with Crippen LogP contribution in [-0.2, 0) is 0 Å². The van der Waals surface area contributed by atoms with Crippen molar-refractivity contribution >= 4 is 65.6 Å². The van der Waals surface area contributed by atoms with E-state index in [0.29, 0.717) is 17.5 Å². The van der Waals surface area contributed by atoms with E-state index in [1.807, 2.05) is 66.7 Å². The molecular formula is C57H35N5O. The molecular weight excluding hydrogens is 771 g/mol. The van der Waals surface area contributed by atoms with Crippen LogP contribution >= 0.6 is 0 Å². The summed E-state index contributed by atoms with van der Waals surface area (Å²) in [6.45, 7) is 0. The summed E-state index contributed by atoms with van der Waals surface area (Å²) >= 11 is 0. The zero-order valence-corrected chi connectivity index (χ0v) is 33.9. The summed E-state index contributed by atoms with van der Waals surface area (Å²) in [6.07, 6.45) is 0. The summed E-state index contributed by atoms with van der Waals surface area (Å²) in [5, 5.41) is 6.83. The second kappa shape index (κ2) is 14.0. The second-order valence-electron chi connectivity index (χ2n) is 16.0. The van der Waals surface area contributed by atoms with Gasteiger partial charge in [-0.25, -0.2) is 15.0 Å². The Bertz CT molecular complexity index is 3850. The molecule has 13 aromatic rings. The molecule has 0 saturated carbocycles. The minimum absolute atomic E-state index is 0.555. The average Bonchev–Trinajstić information content (AvgIpc) is 4.02. The smallest absolute Gasteiger partial charge is 0.167 e. The van der Waals surface area contributed by atoms with Crippen molar-refractivity contribution in [2.24, 2.45) is 0 Å². The topological polar surface area (TPSA) is 61.7 Å². The molecule has 294 valence electrons. The molecule has 0 radical (unpaired) electrons. The van der Waals surface area contributed by atoms with Crippen LogP contribution in [0.25, 0.3) is 122 Å². The second-order valence-corrected chi connectivity index (χ2v) is 16.0. The van der Waals surface area contributed by atoms with Gasteiger partial charge in [0.25, 0.3) is 0 Å². The molecule has 6 nitrogen and oxygen atoms in total. The summed E-state index contributed by atoms with van der Waals surface area (Å²) in [5.41, 5.74) is 13.2. The van der Waals surface area contributed by atoms with Crippen LogP contribution < -0.4 is 0 Å². The third kappa shape index (κ3) is 5.55. The fourth-order valence-corrected chi connectivity index (χ4v) is 9.50. The van der Waals surface area contributed by atoms with Crippen molar-refractivity contribution in [3.8, 4) is 56.7 Å². The SMILES string of the molecule is c1ccc(-c2nc(-c3ccccc3)nc(-c3cccc4c3oc3c(-n5c6ccccc6c6ccc(-c7ccc8c(c7)c7ccccc7n8-c7ccccc7)cc65)cccc34)n2)cc1. The average molecular weight is 806 g/mol. The number of rotatable bonds is 6. The van der Waals surface area contributed by atoms with Gasteiger partial charge in [0.1, 0.15) is 5.58 Å². The number of furan rings is 1. The van der Waals surface area contributed by atoms with Crippen molar-refractivity contribution in [1.82, 2.24) is 24.1 Å². The van der Waals surface area contributed by atoms with Crippen LogP contribution in [0.2, 0.25) is 0 Å². The van der Waals surface area contributed by atoms with Gasteiger partial charge >= 0.3 is 0 Å². The van der Waals surface area contributed by atoms with Gasteiger partial charge in [-0.1, -0.05) is 158 Å². The van der Waals surface area contributed by atoms with Gasteiger partial charge in [0, 0.05) is 49.1 Å². The van der Waals surface area contributed by atoms with Crippen molar-refractivity contribution in [3.63, 3.8) is 0 Å². The maximum Gasteiger partial charge on any atom is 0.167 e. The maximum atomic E-state index is 7.10. The lowest BCUT2D eigenvalue weighted by Crippen LogP contribution is -2.00. The fourth-order valence-electron chi connectivity index (χ4n) is 9.50. The third-order valence-corrected chi connectivity index (χ3v) is 12.4. The number of hydrogen-bond donors (Lipinski definition) is 0. The minimum Gasteiger partial charge on any atom is -0.453 e. The molecule has 0 aliphatic carbocycles. The van der Waals surface area contributed by atoms with Gasteiger partial charge in [-0.05, 0) is 65.7 Å². The van der Waals surface area contributed by atoms with E-state index < -0.39 is 0 Å². The first-order valence-electron chi connectivity index (χ1n) is 21.2. The number of para-hydroxylation sites is 5. The Morgan fingerprint density at radius 1 is 0.302 bits per heavy atom. The summed E-state index contributed by atoms with van der Waals surface area (Å²) in [6, 6.07) is 74.5. The normalized spacial score (nSPS) is 11.8. The van der Waals surface area contributed by atoms with E-state index in [4.69, 9.17) is 19.4 Å². The number of fused-ring (bicyclic) bond motifs is 9. The molecule has 0 N–H and O–H groups in total. The van der Waals surface area contributed by atoms with Crippen molar-refractivity contribution in [3.05, 3.63) is 212 Å². The zero-order chi connectivity index (χ0) is 41.4. The molecule has 0 amide bonds. The van der Waals surface area contributed by atoms with E-state index in [0.717, 1.165) is 72.2 Å². The molecule has 0 bridgehead atoms. The first-order chi connectivity index (χ1) is 31.2. The molecule has 0 unspecified atom stereocenters. The Balaban J connectivity index is 1.01. The molecule has 63 heavy (non-hydrogen) atoms. The van der Waals surface area contributed by atoms with Crippen molar-refractivity contribution in [1.29, 1.82) is 0 Å². The van der Waals surface area contributed by atoms with Gasteiger partial charge in [-0.2, -0.15) is 0 Å². The van der Waals surface area contributed by atoms with E-state index in [-0.39, 0.29) is 0 Å². The molecule has 0 saturated heterocycles. The van der Waals surface area contributed by atoms with Gasteiger partial charge < -0.3 is 13.6 Å². The van der Waals surface area contributed by atoms with Gasteiger partial charge in [-0.3, -0.25) is 0 Å². The van der Waals surface area contributed by atoms with Crippen LogP contribution in [0.5, 0.6) is 0 Å². The number of benzene rings is 9. The fraction of sp³-hybridized carbons (Fsp3) is 0. The monoisotopic (exact) mass is 805 g/mol. The van der Waals surface area contributed by atoms with Crippen molar-refractivity contribution < 1.29 is 4.42 Å². The van der Waals surface area contributed by atoms with Crippen molar-refractivity contribution in [2.75, 3.05) is 0 Å². The lowest BCUT2D eigenvalue weighted by atomic mass is 10.0. The Kier molecular flexibility index (Phi) is 7.80. The van der Waals surface area contributed by atoms with E-state index in [1.54, 1.807) is 0 Å². The van der Waals surface area contributed by atoms with Gasteiger partial charge in [0.2, 0.25) is 0 Å². The molecule has 4 heterocycles. The Morgan fingerprint density at radius 3 is 1.52 bits per heavy atom. The van der Waals surface area contributed by atoms with Crippen molar-refractivity contribution in [2.45, 2.75) is 0 Å². The summed E-state index contributed by atoms with van der Waals surface area (Å²) in [4.78, 5) is 15.1. The molecule has 0 aliphatic rings. The summed E-state index contributed by atoms with van der Waals surface area (Å²) in [7, 11) is 0. The van der Waals surface area contributed by atoms with Crippen LogP contribution in [0.3, 0.4) is 0 Å². The predicted molar refractivity (Wildman–Crippen MR) is 258 cm³/mol. The molecule has 4 aromatic heterocycles. The molecule has 9 aromatic carbocycles. The highest BCUT2D eigenvalue weighted by molar-refractivity contribution is 6.15. The number of aromatic nitrogens is 5. The predicted octanol–water partition coefficient (Wildman–Crippen LogP) is 14.6. The molecule has 13 rings (SSSR count). The Hall–Kier alpha value is -8.61. The highest BCUT2D eigenvalue weighted by atomic mass is 16.3. The minimum atomic E-state index is 0.555. The van der Waals surface area contributed by atoms with Crippen LogP contribution in [0, 0.1) is 0 Å². The number of hydrogen-bond acceptors (Lipinski definition) is 4. The Morgan fingerprint density at radius 2 is 0.810 bits per heavy atom. The third-order valence-electron chi connectivity index (χ3n) is 12.4. The molecule has 0 spiro atoms. The first kappa shape index (κ1) is 35.2. The van der Waals surface area contributed by atoms with Crippen LogP contribution in [0.15, 0.2) is 217 Å². The quantitative estimate of drug-likeness (QED) is 0.168. The van der Waals surface area contributed by atoms with Gasteiger partial charge in [-0.15, -0.1) is 0 Å². The summed E-state index contributed by atoms with van der Waals surface area (Å²) in [5.74, 6) is 1.77. The van der Waals surface area contributed by atoms with Crippen LogP contribution in [0.1, 0.15) is 0 Å². The lowest BCUT2D eigenvalue weighted by molar-refractivity contribution is 0.667. The van der Waals surface area contributed by atoms with E-state index in [9.17, 15) is 0 Å². The standard InChI is InChI=1S/C57H35N5O/c1-4-16-36(17-5-1)55-58-56(37-18-6-2-7-19-37)60-57(59-55)46-26-14-24-44-45-25-15-29-51(54(45)63-53(44)46)62-49-28-13-10-22-41(49)43-32-30-39(35-52(43)62)38-31-33-50-47(34-38)42-23-11-12-27-48(42)61(50)40-20-8-3-9-21-40/h1-35H. The highest BCUT2D eigenvalue weighted by Gasteiger charge is 2.22. The van der Waals surface area contributed by atoms with Gasteiger partial charge in [0.15, 0.2) is 23.1 Å². The van der Waals surface area contributed by atoms with E-state index in [2.05, 4.69) is 155 Å². The van der Waals surface area contributed by atoms with E-state index >= 15 is 0 Å². The van der Waals surface area contributed by atoms with Crippen LogP contribution in [-0.4, -0.2) is 24.1 Å². The molecule has 0 aliphatic heterocycles. The molecule has 0 atom stereocenters. The highest BCUT2D eigenvalue weighted by Crippen LogP contribution is 2.42. The van der Waals surface area contributed by atoms with E-state index in [1.165, 1.54) is 32.6 Å². The van der Waals surface area contributed by atoms with Gasteiger partial charge in [0.05, 0.1) is 33.3 Å². The lowest BCUT2D eigenvalue weighted by Gasteiger charge is -2.10. The Labute approximate surface area is 361 Å². The van der Waals surface area contributed by atoms with Crippen LogP contribution in [0.4, 0.5) is 0 Å². The zero-order valence-electron chi connectivity index (χ0n) is 33.9. The molecule has 6 heteroatoms.